The maximum Gasteiger partial charge on any atom is 0.289 e. The summed E-state index contributed by atoms with van der Waals surface area (Å²) in [6.45, 7) is 2.47. The van der Waals surface area contributed by atoms with Gasteiger partial charge in [0.1, 0.15) is 5.82 Å². The van der Waals surface area contributed by atoms with Crippen LogP contribution in [0.5, 0.6) is 11.5 Å². The SMILES string of the molecule is COc1ccc(CCNC(=O)c2nc(NC3CC3)c3cnn(-c4ccc(C)cc4)c3n2)cc1OC. The second-order valence-corrected chi connectivity index (χ2v) is 8.64. The Hall–Kier alpha value is -4.14. The highest BCUT2D eigenvalue weighted by Gasteiger charge is 2.25. The summed E-state index contributed by atoms with van der Waals surface area (Å²) < 4.78 is 12.4. The van der Waals surface area contributed by atoms with Crippen molar-refractivity contribution in [1.29, 1.82) is 0 Å². The van der Waals surface area contributed by atoms with Crippen LogP contribution < -0.4 is 20.1 Å². The van der Waals surface area contributed by atoms with Crippen molar-refractivity contribution in [3.63, 3.8) is 0 Å². The number of aromatic nitrogens is 4. The predicted molar refractivity (Wildman–Crippen MR) is 134 cm³/mol. The van der Waals surface area contributed by atoms with Crippen LogP contribution in [-0.4, -0.2) is 52.5 Å². The molecule has 1 aliphatic rings. The molecule has 2 N–H and O–H groups in total. The minimum Gasteiger partial charge on any atom is -0.493 e. The molecule has 9 nitrogen and oxygen atoms in total. The van der Waals surface area contributed by atoms with E-state index < -0.39 is 0 Å². The molecule has 0 atom stereocenters. The number of carbonyl (C=O) groups excluding carboxylic acids is 1. The molecule has 5 rings (SSSR count). The molecule has 35 heavy (non-hydrogen) atoms. The predicted octanol–water partition coefficient (Wildman–Crippen LogP) is 3.69. The highest BCUT2D eigenvalue weighted by atomic mass is 16.5. The van der Waals surface area contributed by atoms with Crippen molar-refractivity contribution in [2.45, 2.75) is 32.2 Å². The van der Waals surface area contributed by atoms with Gasteiger partial charge in [0.2, 0.25) is 5.82 Å². The van der Waals surface area contributed by atoms with Gasteiger partial charge in [-0.3, -0.25) is 4.79 Å². The molecule has 0 aliphatic heterocycles. The zero-order chi connectivity index (χ0) is 24.4. The van der Waals surface area contributed by atoms with Crippen LogP contribution in [0.25, 0.3) is 16.7 Å². The summed E-state index contributed by atoms with van der Waals surface area (Å²) in [6.07, 6.45) is 4.55. The molecule has 4 aromatic rings. The molecule has 0 bridgehead atoms. The minimum atomic E-state index is -0.331. The standard InChI is InChI=1S/C26H28N6O3/c1-16-4-9-19(10-5-16)32-25-20(15-28-32)23(29-18-7-8-18)30-24(31-25)26(33)27-13-12-17-6-11-21(34-2)22(14-17)35-3/h4-6,9-11,14-15,18H,7-8,12-13H2,1-3H3,(H,27,33)(H,29,30,31). The van der Waals surface area contributed by atoms with E-state index in [1.54, 1.807) is 25.1 Å². The molecule has 9 heteroatoms. The molecule has 2 aromatic heterocycles. The molecule has 0 spiro atoms. The second-order valence-electron chi connectivity index (χ2n) is 8.64. The summed E-state index contributed by atoms with van der Waals surface area (Å²) in [5.41, 5.74) is 3.65. The third kappa shape index (κ3) is 4.89. The average Bonchev–Trinajstić information content (AvgIpc) is 3.59. The van der Waals surface area contributed by atoms with Crippen molar-refractivity contribution in [3.05, 3.63) is 65.6 Å². The molecule has 1 saturated carbocycles. The molecule has 1 fully saturated rings. The first kappa shape index (κ1) is 22.6. The van der Waals surface area contributed by atoms with Crippen LogP contribution in [0.2, 0.25) is 0 Å². The Morgan fingerprint density at radius 3 is 2.54 bits per heavy atom. The van der Waals surface area contributed by atoms with Crippen molar-refractivity contribution in [2.75, 3.05) is 26.1 Å². The number of hydrogen-bond acceptors (Lipinski definition) is 7. The second kappa shape index (κ2) is 9.61. The number of nitrogens with one attached hydrogen (secondary N) is 2. The van der Waals surface area contributed by atoms with Crippen LogP contribution in [0, 0.1) is 6.92 Å². The van der Waals surface area contributed by atoms with Crippen LogP contribution in [0.4, 0.5) is 5.82 Å². The summed E-state index contributed by atoms with van der Waals surface area (Å²) in [4.78, 5) is 22.2. The topological polar surface area (TPSA) is 103 Å². The fourth-order valence-electron chi connectivity index (χ4n) is 3.85. The number of rotatable bonds is 9. The Labute approximate surface area is 203 Å². The normalized spacial score (nSPS) is 13.0. The van der Waals surface area contributed by atoms with Crippen LogP contribution in [-0.2, 0) is 6.42 Å². The van der Waals surface area contributed by atoms with Crippen molar-refractivity contribution in [1.82, 2.24) is 25.1 Å². The number of anilines is 1. The van der Waals surface area contributed by atoms with Gasteiger partial charge in [0.25, 0.3) is 5.91 Å². The monoisotopic (exact) mass is 472 g/mol. The van der Waals surface area contributed by atoms with E-state index in [9.17, 15) is 4.79 Å². The maximum atomic E-state index is 13.0. The van der Waals surface area contributed by atoms with Gasteiger partial charge in [0.05, 0.1) is 31.5 Å². The van der Waals surface area contributed by atoms with Crippen molar-refractivity contribution < 1.29 is 14.3 Å². The summed E-state index contributed by atoms with van der Waals surface area (Å²) in [5.74, 6) is 1.75. The maximum absolute atomic E-state index is 13.0. The fourth-order valence-corrected chi connectivity index (χ4v) is 3.85. The zero-order valence-electron chi connectivity index (χ0n) is 20.0. The summed E-state index contributed by atoms with van der Waals surface area (Å²) in [7, 11) is 3.21. The van der Waals surface area contributed by atoms with Crippen LogP contribution in [0.1, 0.15) is 34.6 Å². The van der Waals surface area contributed by atoms with Gasteiger partial charge in [0.15, 0.2) is 17.1 Å². The van der Waals surface area contributed by atoms with E-state index in [1.165, 1.54) is 0 Å². The highest BCUT2D eigenvalue weighted by molar-refractivity contribution is 5.95. The first-order chi connectivity index (χ1) is 17.1. The van der Waals surface area contributed by atoms with E-state index in [4.69, 9.17) is 9.47 Å². The molecular formula is C26H28N6O3. The van der Waals surface area contributed by atoms with E-state index >= 15 is 0 Å². The third-order valence-corrected chi connectivity index (χ3v) is 5.98. The van der Waals surface area contributed by atoms with Crippen molar-refractivity contribution in [3.8, 4) is 17.2 Å². The van der Waals surface area contributed by atoms with Gasteiger partial charge in [-0.2, -0.15) is 5.10 Å². The van der Waals surface area contributed by atoms with Gasteiger partial charge in [-0.1, -0.05) is 23.8 Å². The van der Waals surface area contributed by atoms with E-state index in [1.807, 2.05) is 49.4 Å². The average molecular weight is 473 g/mol. The lowest BCUT2D eigenvalue weighted by molar-refractivity contribution is 0.0944. The van der Waals surface area contributed by atoms with E-state index in [-0.39, 0.29) is 11.7 Å². The smallest absolute Gasteiger partial charge is 0.289 e. The largest absolute Gasteiger partial charge is 0.493 e. The number of nitrogens with zero attached hydrogens (tertiary/aromatic N) is 4. The Balaban J connectivity index is 1.38. The van der Waals surface area contributed by atoms with Gasteiger partial charge in [-0.25, -0.2) is 14.6 Å². The van der Waals surface area contributed by atoms with Crippen LogP contribution in [0.3, 0.4) is 0 Å². The summed E-state index contributed by atoms with van der Waals surface area (Å²) in [6, 6.07) is 14.1. The molecular weight excluding hydrogens is 444 g/mol. The van der Waals surface area contributed by atoms with Crippen LogP contribution >= 0.6 is 0 Å². The Bertz CT molecular complexity index is 1360. The number of amides is 1. The summed E-state index contributed by atoms with van der Waals surface area (Å²) >= 11 is 0. The third-order valence-electron chi connectivity index (χ3n) is 5.98. The lowest BCUT2D eigenvalue weighted by Gasteiger charge is -2.11. The quantitative estimate of drug-likeness (QED) is 0.383. The molecule has 0 radical (unpaired) electrons. The van der Waals surface area contributed by atoms with Crippen molar-refractivity contribution >= 4 is 22.8 Å². The fraction of sp³-hybridized carbons (Fsp3) is 0.308. The molecule has 2 heterocycles. The van der Waals surface area contributed by atoms with E-state index in [0.717, 1.165) is 35.0 Å². The number of fused-ring (bicyclic) bond motifs is 1. The lowest BCUT2D eigenvalue weighted by atomic mass is 10.1. The Morgan fingerprint density at radius 1 is 1.06 bits per heavy atom. The molecule has 0 unspecified atom stereocenters. The first-order valence-corrected chi connectivity index (χ1v) is 11.6. The zero-order valence-corrected chi connectivity index (χ0v) is 20.0. The van der Waals surface area contributed by atoms with E-state index in [2.05, 4.69) is 25.7 Å². The van der Waals surface area contributed by atoms with Gasteiger partial charge in [0, 0.05) is 12.6 Å². The first-order valence-electron chi connectivity index (χ1n) is 11.6. The number of carbonyl (C=O) groups is 1. The molecule has 1 aliphatic carbocycles. The van der Waals surface area contributed by atoms with E-state index in [0.29, 0.717) is 42.0 Å². The molecule has 1 amide bonds. The van der Waals surface area contributed by atoms with Gasteiger partial charge < -0.3 is 20.1 Å². The number of hydrogen-bond donors (Lipinski definition) is 2. The minimum absolute atomic E-state index is 0.113. The Morgan fingerprint density at radius 2 is 1.83 bits per heavy atom. The lowest BCUT2D eigenvalue weighted by Crippen LogP contribution is -2.28. The van der Waals surface area contributed by atoms with Gasteiger partial charge in [-0.05, 0) is 56.0 Å². The number of aryl methyl sites for hydroxylation is 1. The summed E-state index contributed by atoms with van der Waals surface area (Å²) in [5, 5.41) is 11.7. The van der Waals surface area contributed by atoms with Gasteiger partial charge >= 0.3 is 0 Å². The number of benzene rings is 2. The number of methoxy groups -OCH3 is 2. The highest BCUT2D eigenvalue weighted by Crippen LogP contribution is 2.29. The molecule has 180 valence electrons. The van der Waals surface area contributed by atoms with Crippen LogP contribution in [0.15, 0.2) is 48.7 Å². The van der Waals surface area contributed by atoms with Crippen molar-refractivity contribution in [2.24, 2.45) is 0 Å². The molecule has 2 aromatic carbocycles. The number of ether oxygens (including phenoxy) is 2. The van der Waals surface area contributed by atoms with Gasteiger partial charge in [-0.15, -0.1) is 0 Å². The Kier molecular flexibility index (Phi) is 6.22. The molecule has 0 saturated heterocycles.